The molecular formula is C16H28N2O. The molecule has 0 radical (unpaired) electrons. The fourth-order valence-electron chi connectivity index (χ4n) is 3.41. The van der Waals surface area contributed by atoms with Gasteiger partial charge in [0.1, 0.15) is 0 Å². The van der Waals surface area contributed by atoms with Crippen LogP contribution in [0.15, 0.2) is 6.07 Å². The lowest BCUT2D eigenvalue weighted by Crippen LogP contribution is -2.38. The quantitative estimate of drug-likeness (QED) is 0.885. The third kappa shape index (κ3) is 3.38. The molecule has 108 valence electrons. The maximum absolute atomic E-state index is 10.9. The lowest BCUT2D eigenvalue weighted by Gasteiger charge is -2.36. The number of rotatable bonds is 5. The minimum absolute atomic E-state index is 0.503. The van der Waals surface area contributed by atoms with Crippen molar-refractivity contribution in [2.45, 2.75) is 77.9 Å². The second-order valence-electron chi connectivity index (χ2n) is 6.07. The van der Waals surface area contributed by atoms with Gasteiger partial charge in [-0.05, 0) is 38.2 Å². The molecule has 1 aliphatic rings. The summed E-state index contributed by atoms with van der Waals surface area (Å²) in [6, 6.07) is 2.18. The molecule has 2 atom stereocenters. The summed E-state index contributed by atoms with van der Waals surface area (Å²) >= 11 is 0. The zero-order chi connectivity index (χ0) is 13.9. The van der Waals surface area contributed by atoms with Crippen LogP contribution in [0.2, 0.25) is 0 Å². The molecular weight excluding hydrogens is 236 g/mol. The number of nitrogens with zero attached hydrogens (tertiary/aromatic N) is 2. The Kier molecular flexibility index (Phi) is 4.67. The molecule has 2 rings (SSSR count). The Balaban J connectivity index is 2.12. The minimum Gasteiger partial charge on any atom is -0.389 e. The van der Waals surface area contributed by atoms with Crippen molar-refractivity contribution in [3.05, 3.63) is 17.5 Å². The molecule has 3 heteroatoms. The topological polar surface area (TPSA) is 38.0 Å². The molecule has 0 bridgehead atoms. The van der Waals surface area contributed by atoms with Gasteiger partial charge < -0.3 is 5.11 Å². The fourth-order valence-corrected chi connectivity index (χ4v) is 3.41. The Morgan fingerprint density at radius 3 is 2.84 bits per heavy atom. The first-order valence-electron chi connectivity index (χ1n) is 7.88. The van der Waals surface area contributed by atoms with Crippen LogP contribution >= 0.6 is 0 Å². The Hall–Kier alpha value is -0.830. The van der Waals surface area contributed by atoms with E-state index in [1.54, 1.807) is 0 Å². The molecule has 3 nitrogen and oxygen atoms in total. The van der Waals surface area contributed by atoms with E-state index in [1.165, 1.54) is 18.5 Å². The highest BCUT2D eigenvalue weighted by atomic mass is 16.3. The summed E-state index contributed by atoms with van der Waals surface area (Å²) in [5, 5.41) is 15.5. The van der Waals surface area contributed by atoms with Crippen molar-refractivity contribution in [3.8, 4) is 0 Å². The monoisotopic (exact) mass is 264 g/mol. The normalized spacial score (nSPS) is 27.7. The molecule has 2 unspecified atom stereocenters. The first-order valence-corrected chi connectivity index (χ1v) is 7.88. The molecule has 1 saturated carbocycles. The van der Waals surface area contributed by atoms with Crippen LogP contribution in [-0.4, -0.2) is 20.5 Å². The average molecular weight is 264 g/mol. The minimum atomic E-state index is -0.503. The molecule has 19 heavy (non-hydrogen) atoms. The van der Waals surface area contributed by atoms with Crippen molar-refractivity contribution in [2.24, 2.45) is 5.92 Å². The van der Waals surface area contributed by atoms with Crippen LogP contribution in [0.3, 0.4) is 0 Å². The molecule has 0 aliphatic heterocycles. The molecule has 0 aromatic carbocycles. The van der Waals surface area contributed by atoms with Crippen molar-refractivity contribution < 1.29 is 5.11 Å². The molecule has 0 amide bonds. The van der Waals surface area contributed by atoms with Gasteiger partial charge in [-0.2, -0.15) is 5.10 Å². The van der Waals surface area contributed by atoms with Gasteiger partial charge in [0, 0.05) is 18.7 Å². The van der Waals surface area contributed by atoms with Gasteiger partial charge >= 0.3 is 0 Å². The number of aryl methyl sites for hydroxylation is 2. The highest BCUT2D eigenvalue weighted by molar-refractivity contribution is 5.13. The lowest BCUT2D eigenvalue weighted by atomic mass is 9.75. The van der Waals surface area contributed by atoms with Crippen molar-refractivity contribution in [2.75, 3.05) is 0 Å². The van der Waals surface area contributed by atoms with Crippen LogP contribution < -0.4 is 0 Å². The smallest absolute Gasteiger partial charge is 0.0705 e. The largest absolute Gasteiger partial charge is 0.389 e. The second-order valence-corrected chi connectivity index (χ2v) is 6.07. The van der Waals surface area contributed by atoms with E-state index in [0.29, 0.717) is 5.92 Å². The van der Waals surface area contributed by atoms with Crippen molar-refractivity contribution in [3.63, 3.8) is 0 Å². The molecule has 1 N–H and O–H groups in total. The van der Waals surface area contributed by atoms with E-state index in [2.05, 4.69) is 36.6 Å². The van der Waals surface area contributed by atoms with Crippen molar-refractivity contribution in [1.82, 2.24) is 9.78 Å². The molecule has 1 heterocycles. The summed E-state index contributed by atoms with van der Waals surface area (Å²) in [5.41, 5.74) is 1.85. The molecule has 0 saturated heterocycles. The summed E-state index contributed by atoms with van der Waals surface area (Å²) in [5.74, 6) is 0.697. The molecule has 1 fully saturated rings. The number of aromatic nitrogens is 2. The van der Waals surface area contributed by atoms with Gasteiger partial charge in [-0.3, -0.25) is 4.68 Å². The molecule has 0 spiro atoms. The van der Waals surface area contributed by atoms with Crippen LogP contribution in [0.25, 0.3) is 0 Å². The summed E-state index contributed by atoms with van der Waals surface area (Å²) < 4.78 is 2.06. The van der Waals surface area contributed by atoms with Gasteiger partial charge in [-0.1, -0.05) is 33.1 Å². The van der Waals surface area contributed by atoms with Gasteiger partial charge in [0.2, 0.25) is 0 Å². The van der Waals surface area contributed by atoms with E-state index < -0.39 is 5.60 Å². The van der Waals surface area contributed by atoms with E-state index in [9.17, 15) is 5.11 Å². The van der Waals surface area contributed by atoms with Crippen LogP contribution in [0.5, 0.6) is 0 Å². The van der Waals surface area contributed by atoms with Gasteiger partial charge in [0.05, 0.1) is 11.3 Å². The SMILES string of the molecule is CCc1cc(CC2(O)CCCC(CC)C2)n(CC)n1. The standard InChI is InChI=1S/C16H28N2O/c1-4-13-8-7-9-16(19,11-13)12-15-10-14(5-2)17-18(15)6-3/h10,13,19H,4-9,11-12H2,1-3H3. The average Bonchev–Trinajstić information content (AvgIpc) is 2.80. The number of hydrogen-bond acceptors (Lipinski definition) is 2. The summed E-state index contributed by atoms with van der Waals surface area (Å²) in [4.78, 5) is 0. The predicted octanol–water partition coefficient (Wildman–Crippen LogP) is 3.34. The Morgan fingerprint density at radius 2 is 2.21 bits per heavy atom. The van der Waals surface area contributed by atoms with Crippen LogP contribution in [0.4, 0.5) is 0 Å². The third-order valence-corrected chi connectivity index (χ3v) is 4.59. The predicted molar refractivity (Wildman–Crippen MR) is 78.2 cm³/mol. The van der Waals surface area contributed by atoms with E-state index >= 15 is 0 Å². The van der Waals surface area contributed by atoms with Gasteiger partial charge in [-0.15, -0.1) is 0 Å². The van der Waals surface area contributed by atoms with Gasteiger partial charge in [0.25, 0.3) is 0 Å². The first-order chi connectivity index (χ1) is 9.10. The Morgan fingerprint density at radius 1 is 1.42 bits per heavy atom. The summed E-state index contributed by atoms with van der Waals surface area (Å²) in [7, 11) is 0. The zero-order valence-corrected chi connectivity index (χ0v) is 12.7. The Labute approximate surface area is 117 Å². The summed E-state index contributed by atoms with van der Waals surface area (Å²) in [6.07, 6.45) is 7.28. The second kappa shape index (κ2) is 6.08. The van der Waals surface area contributed by atoms with Crippen molar-refractivity contribution in [1.29, 1.82) is 0 Å². The highest BCUT2D eigenvalue weighted by Gasteiger charge is 2.34. The third-order valence-electron chi connectivity index (χ3n) is 4.59. The van der Waals surface area contributed by atoms with Gasteiger partial charge in [0.15, 0.2) is 0 Å². The van der Waals surface area contributed by atoms with E-state index in [1.807, 2.05) is 0 Å². The number of hydrogen-bond donors (Lipinski definition) is 1. The van der Waals surface area contributed by atoms with Crippen LogP contribution in [0.1, 0.15) is 64.3 Å². The van der Waals surface area contributed by atoms with Crippen LogP contribution in [-0.2, 0) is 19.4 Å². The van der Waals surface area contributed by atoms with E-state index in [-0.39, 0.29) is 0 Å². The molecule has 1 aliphatic carbocycles. The lowest BCUT2D eigenvalue weighted by molar-refractivity contribution is -0.0177. The summed E-state index contributed by atoms with van der Waals surface area (Å²) in [6.45, 7) is 7.38. The maximum Gasteiger partial charge on any atom is 0.0705 e. The van der Waals surface area contributed by atoms with Gasteiger partial charge in [-0.25, -0.2) is 0 Å². The first kappa shape index (κ1) is 14.6. The Bertz CT molecular complexity index is 413. The fraction of sp³-hybridized carbons (Fsp3) is 0.812. The van der Waals surface area contributed by atoms with E-state index in [4.69, 9.17) is 0 Å². The maximum atomic E-state index is 10.9. The highest BCUT2D eigenvalue weighted by Crippen LogP contribution is 2.36. The zero-order valence-electron chi connectivity index (χ0n) is 12.7. The van der Waals surface area contributed by atoms with E-state index in [0.717, 1.165) is 44.3 Å². The number of aliphatic hydroxyl groups is 1. The van der Waals surface area contributed by atoms with Crippen LogP contribution in [0, 0.1) is 5.92 Å². The molecule has 1 aromatic rings. The molecule has 1 aromatic heterocycles. The van der Waals surface area contributed by atoms with Crippen molar-refractivity contribution >= 4 is 0 Å².